The molecule has 3 rings (SSSR count). The van der Waals surface area contributed by atoms with Gasteiger partial charge >= 0.3 is 5.97 Å². The average molecular weight is 376 g/mol. The number of esters is 1. The number of hydrogen-bond acceptors (Lipinski definition) is 5. The maximum Gasteiger partial charge on any atom is 0.358 e. The highest BCUT2D eigenvalue weighted by atomic mass is 32.1. The summed E-state index contributed by atoms with van der Waals surface area (Å²) < 4.78 is 18.1. The molecule has 1 aliphatic rings. The molecule has 2 heterocycles. The van der Waals surface area contributed by atoms with Gasteiger partial charge in [0.05, 0.1) is 0 Å². The van der Waals surface area contributed by atoms with Gasteiger partial charge in [-0.3, -0.25) is 4.79 Å². The fourth-order valence-corrected chi connectivity index (χ4v) is 3.93. The molecule has 0 aliphatic carbocycles. The Morgan fingerprint density at radius 1 is 1.31 bits per heavy atom. The number of nitrogens with zero attached hydrogens (tertiary/aromatic N) is 2. The number of carbonyl (C=O) groups is 2. The van der Waals surface area contributed by atoms with E-state index < -0.39 is 5.97 Å². The molecule has 7 heteroatoms. The normalized spacial score (nSPS) is 17.2. The van der Waals surface area contributed by atoms with Gasteiger partial charge in [0, 0.05) is 23.5 Å². The Morgan fingerprint density at radius 2 is 2.08 bits per heavy atom. The Balaban J connectivity index is 1.58. The van der Waals surface area contributed by atoms with Gasteiger partial charge < -0.3 is 9.64 Å². The largest absolute Gasteiger partial charge is 0.451 e. The van der Waals surface area contributed by atoms with Crippen molar-refractivity contribution in [1.82, 2.24) is 9.88 Å². The smallest absolute Gasteiger partial charge is 0.358 e. The Bertz CT molecular complexity index is 775. The third-order valence-corrected chi connectivity index (χ3v) is 5.44. The van der Waals surface area contributed by atoms with E-state index in [4.69, 9.17) is 4.74 Å². The molecule has 26 heavy (non-hydrogen) atoms. The minimum Gasteiger partial charge on any atom is -0.451 e. The number of benzene rings is 1. The lowest BCUT2D eigenvalue weighted by Gasteiger charge is -2.35. The summed E-state index contributed by atoms with van der Waals surface area (Å²) in [5.74, 6) is -1.10. The predicted molar refractivity (Wildman–Crippen MR) is 97.4 cm³/mol. The van der Waals surface area contributed by atoms with Crippen LogP contribution in [0.25, 0.3) is 10.6 Å². The summed E-state index contributed by atoms with van der Waals surface area (Å²) in [6.45, 7) is 2.52. The second kappa shape index (κ2) is 8.40. The van der Waals surface area contributed by atoms with Gasteiger partial charge in [0.2, 0.25) is 0 Å². The zero-order valence-corrected chi connectivity index (χ0v) is 15.4. The second-order valence-corrected chi connectivity index (χ2v) is 7.12. The topological polar surface area (TPSA) is 59.5 Å². The van der Waals surface area contributed by atoms with Gasteiger partial charge in [-0.15, -0.1) is 11.3 Å². The molecule has 0 saturated carbocycles. The Morgan fingerprint density at radius 3 is 2.81 bits per heavy atom. The molecule has 1 atom stereocenters. The number of halogens is 1. The lowest BCUT2D eigenvalue weighted by atomic mass is 10.00. The minimum atomic E-state index is -0.618. The molecule has 0 N–H and O–H groups in total. The van der Waals surface area contributed by atoms with Crippen LogP contribution in [0.5, 0.6) is 0 Å². The quantitative estimate of drug-likeness (QED) is 0.743. The third-order valence-electron chi connectivity index (χ3n) is 4.55. The molecule has 138 valence electrons. The summed E-state index contributed by atoms with van der Waals surface area (Å²) in [7, 11) is 0. The molecular formula is C19H21FN2O3S. The number of thiazole rings is 1. The summed E-state index contributed by atoms with van der Waals surface area (Å²) in [6.07, 6.45) is 4.03. The van der Waals surface area contributed by atoms with Crippen LogP contribution in [0.3, 0.4) is 0 Å². The maximum absolute atomic E-state index is 13.0. The lowest BCUT2D eigenvalue weighted by molar-refractivity contribution is -0.138. The van der Waals surface area contributed by atoms with Crippen molar-refractivity contribution in [2.45, 2.75) is 38.6 Å². The van der Waals surface area contributed by atoms with Crippen molar-refractivity contribution in [2.75, 3.05) is 13.2 Å². The molecule has 1 amide bonds. The summed E-state index contributed by atoms with van der Waals surface area (Å²) in [6, 6.07) is 6.13. The summed E-state index contributed by atoms with van der Waals surface area (Å²) in [5, 5.41) is 2.19. The number of likely N-dealkylation sites (tertiary alicyclic amines) is 1. The van der Waals surface area contributed by atoms with Crippen molar-refractivity contribution in [3.63, 3.8) is 0 Å². The molecule has 1 aromatic heterocycles. The Kier molecular flexibility index (Phi) is 5.98. The van der Waals surface area contributed by atoms with E-state index in [1.807, 2.05) is 4.90 Å². The van der Waals surface area contributed by atoms with Gasteiger partial charge in [-0.05, 0) is 49.9 Å². The highest BCUT2D eigenvalue weighted by Gasteiger charge is 2.26. The van der Waals surface area contributed by atoms with Crippen molar-refractivity contribution in [1.29, 1.82) is 0 Å². The zero-order chi connectivity index (χ0) is 18.5. The van der Waals surface area contributed by atoms with Gasteiger partial charge in [-0.2, -0.15) is 0 Å². The molecule has 0 unspecified atom stereocenters. The standard InChI is InChI=1S/C19H21FN2O3S/c1-2-15-5-3-4-10-22(15)17(23)11-25-19(24)16-12-26-18(21-16)13-6-8-14(20)9-7-13/h6-9,12,15H,2-5,10-11H2,1H3/t15-/m1/s1. The number of carbonyl (C=O) groups excluding carboxylic acids is 2. The fraction of sp³-hybridized carbons (Fsp3) is 0.421. The van der Waals surface area contributed by atoms with Gasteiger partial charge in [0.25, 0.3) is 5.91 Å². The molecule has 2 aromatic rings. The molecular weight excluding hydrogens is 355 g/mol. The molecule has 0 bridgehead atoms. The van der Waals surface area contributed by atoms with E-state index in [2.05, 4.69) is 11.9 Å². The number of aromatic nitrogens is 1. The van der Waals surface area contributed by atoms with Crippen LogP contribution in [0.1, 0.15) is 43.1 Å². The number of ether oxygens (including phenoxy) is 1. The Hall–Kier alpha value is -2.28. The SMILES string of the molecule is CC[C@@H]1CCCCN1C(=O)COC(=O)c1csc(-c2ccc(F)cc2)n1. The first-order valence-corrected chi connectivity index (χ1v) is 9.64. The van der Waals surface area contributed by atoms with E-state index in [1.165, 1.54) is 23.5 Å². The third kappa shape index (κ3) is 4.27. The van der Waals surface area contributed by atoms with Crippen molar-refractivity contribution in [2.24, 2.45) is 0 Å². The summed E-state index contributed by atoms with van der Waals surface area (Å²) >= 11 is 1.27. The van der Waals surface area contributed by atoms with Crippen LogP contribution in [-0.2, 0) is 9.53 Å². The van der Waals surface area contributed by atoms with Crippen LogP contribution in [0.2, 0.25) is 0 Å². The molecule has 1 fully saturated rings. The average Bonchev–Trinajstić information content (AvgIpc) is 3.16. The highest BCUT2D eigenvalue weighted by molar-refractivity contribution is 7.13. The second-order valence-electron chi connectivity index (χ2n) is 6.27. The number of piperidine rings is 1. The van der Waals surface area contributed by atoms with E-state index >= 15 is 0 Å². The highest BCUT2D eigenvalue weighted by Crippen LogP contribution is 2.24. The van der Waals surface area contributed by atoms with Gasteiger partial charge in [0.1, 0.15) is 10.8 Å². The maximum atomic E-state index is 13.0. The summed E-state index contributed by atoms with van der Waals surface area (Å²) in [4.78, 5) is 30.6. The first-order chi connectivity index (χ1) is 12.6. The monoisotopic (exact) mass is 376 g/mol. The number of rotatable bonds is 5. The minimum absolute atomic E-state index is 0.154. The van der Waals surface area contributed by atoms with Crippen LogP contribution in [-0.4, -0.2) is 41.0 Å². The van der Waals surface area contributed by atoms with Gasteiger partial charge in [0.15, 0.2) is 12.3 Å². The van der Waals surface area contributed by atoms with Gasteiger partial charge in [-0.25, -0.2) is 14.2 Å². The predicted octanol–water partition coefficient (Wildman–Crippen LogP) is 3.90. The molecule has 1 aromatic carbocycles. The van der Waals surface area contributed by atoms with Crippen LogP contribution in [0.15, 0.2) is 29.6 Å². The molecule has 0 spiro atoms. The molecule has 5 nitrogen and oxygen atoms in total. The van der Waals surface area contributed by atoms with Crippen LogP contribution in [0.4, 0.5) is 4.39 Å². The fourth-order valence-electron chi connectivity index (χ4n) is 3.13. The van der Waals surface area contributed by atoms with Crippen LogP contribution in [0, 0.1) is 5.82 Å². The van der Waals surface area contributed by atoms with E-state index in [9.17, 15) is 14.0 Å². The molecule has 0 radical (unpaired) electrons. The van der Waals surface area contributed by atoms with E-state index in [1.54, 1.807) is 17.5 Å². The lowest BCUT2D eigenvalue weighted by Crippen LogP contribution is -2.45. The van der Waals surface area contributed by atoms with E-state index in [0.29, 0.717) is 5.01 Å². The zero-order valence-electron chi connectivity index (χ0n) is 14.6. The number of hydrogen-bond donors (Lipinski definition) is 0. The molecule has 1 saturated heterocycles. The number of amides is 1. The van der Waals surface area contributed by atoms with E-state index in [-0.39, 0.29) is 30.1 Å². The molecule has 1 aliphatic heterocycles. The van der Waals surface area contributed by atoms with E-state index in [0.717, 1.165) is 37.8 Å². The van der Waals surface area contributed by atoms with Crippen molar-refractivity contribution >= 4 is 23.2 Å². The summed E-state index contributed by atoms with van der Waals surface area (Å²) in [5.41, 5.74) is 0.887. The van der Waals surface area contributed by atoms with Gasteiger partial charge in [-0.1, -0.05) is 6.92 Å². The van der Waals surface area contributed by atoms with Crippen molar-refractivity contribution < 1.29 is 18.7 Å². The van der Waals surface area contributed by atoms with Crippen LogP contribution >= 0.6 is 11.3 Å². The first kappa shape index (κ1) is 18.5. The Labute approximate surface area is 155 Å². The van der Waals surface area contributed by atoms with Crippen LogP contribution < -0.4 is 0 Å². The van der Waals surface area contributed by atoms with Crippen molar-refractivity contribution in [3.05, 3.63) is 41.2 Å². The first-order valence-electron chi connectivity index (χ1n) is 8.76. The van der Waals surface area contributed by atoms with Crippen molar-refractivity contribution in [3.8, 4) is 10.6 Å².